The molecule has 0 atom stereocenters. The van der Waals surface area contributed by atoms with Crippen LogP contribution in [0, 0.1) is 0 Å². The molecular weight excluding hydrogens is 225 g/mol. The van der Waals surface area contributed by atoms with E-state index in [0.29, 0.717) is 0 Å². The fourth-order valence-electron chi connectivity index (χ4n) is 1.08. The van der Waals surface area contributed by atoms with Crippen molar-refractivity contribution in [2.24, 2.45) is 0 Å². The summed E-state index contributed by atoms with van der Waals surface area (Å²) in [7, 11) is 0. The molecule has 0 aromatic carbocycles. The van der Waals surface area contributed by atoms with Crippen molar-refractivity contribution in [2.45, 2.75) is 27.2 Å². The topological polar surface area (TPSA) is 0 Å². The minimum absolute atomic E-state index is 0. The third-order valence-electron chi connectivity index (χ3n) is 2.10. The fraction of sp³-hybridized carbons (Fsp3) is 0.500. The predicted octanol–water partition coefficient (Wildman–Crippen LogP) is -3.44. The average Bonchev–Trinajstić information content (AvgIpc) is 1.98. The molecule has 0 saturated heterocycles. The van der Waals surface area contributed by atoms with Crippen LogP contribution in [0.1, 0.15) is 27.2 Å². The molecule has 0 nitrogen and oxygen atoms in total. The van der Waals surface area contributed by atoms with Crippen LogP contribution in [-0.2, 0) is 24.7 Å². The Morgan fingerprint density at radius 2 is 1.45 bits per heavy atom. The van der Waals surface area contributed by atoms with Crippen LogP contribution in [0.4, 0.5) is 0 Å². The van der Waals surface area contributed by atoms with Crippen molar-refractivity contribution in [3.63, 3.8) is 0 Å². The maximum atomic E-state index is 2.23. The first-order valence-electron chi connectivity index (χ1n) is 3.21. The molecule has 61 valence electrons. The van der Waals surface area contributed by atoms with Gasteiger partial charge < -0.3 is 9.41 Å². The van der Waals surface area contributed by atoms with Gasteiger partial charge in [0.1, 0.15) is 0 Å². The molecule has 0 bridgehead atoms. The van der Waals surface area contributed by atoms with Gasteiger partial charge in [-0.25, -0.2) is 0 Å². The van der Waals surface area contributed by atoms with E-state index in [1.165, 1.54) is 12.0 Å². The molecule has 0 amide bonds. The molecule has 0 fully saturated rings. The second-order valence-corrected chi connectivity index (χ2v) is 4.17. The van der Waals surface area contributed by atoms with Crippen molar-refractivity contribution in [1.29, 1.82) is 0 Å². The van der Waals surface area contributed by atoms with E-state index in [9.17, 15) is 0 Å². The van der Waals surface area contributed by atoms with Gasteiger partial charge >= 0.3 is 71.9 Å². The van der Waals surface area contributed by atoms with Crippen LogP contribution < -0.4 is 9.41 Å². The Kier molecular flexibility index (Phi) is 6.23. The van der Waals surface area contributed by atoms with E-state index in [-0.39, 0.29) is 9.41 Å². The molecule has 0 unspecified atom stereocenters. The summed E-state index contributed by atoms with van der Waals surface area (Å²) < 4.78 is 1.64. The van der Waals surface area contributed by atoms with Gasteiger partial charge in [-0.15, -0.1) is 0 Å². The zero-order valence-electron chi connectivity index (χ0n) is 6.96. The zero-order valence-corrected chi connectivity index (χ0v) is 9.42. The third-order valence-corrected chi connectivity index (χ3v) is 3.45. The number of hydrogen-bond donors (Lipinski definition) is 0. The van der Waals surface area contributed by atoms with E-state index in [2.05, 4.69) is 20.8 Å². The van der Waals surface area contributed by atoms with E-state index < -0.39 is 0 Å². The molecule has 1 aliphatic rings. The van der Waals surface area contributed by atoms with Crippen LogP contribution in [-0.4, -0.2) is 0 Å². The van der Waals surface area contributed by atoms with Crippen LogP contribution >= 0.6 is 0 Å². The number of rotatable bonds is 0. The van der Waals surface area contributed by atoms with E-state index in [4.69, 9.17) is 0 Å². The van der Waals surface area contributed by atoms with Crippen LogP contribution in [0.5, 0.6) is 0 Å². The Balaban J connectivity index is 0. The zero-order chi connectivity index (χ0) is 7.02. The Bertz CT molecular complexity index is 182. The average molecular weight is 236 g/mol. The Labute approximate surface area is 81.3 Å². The minimum atomic E-state index is 0. The second-order valence-electron chi connectivity index (χ2n) is 2.69. The maximum absolute atomic E-state index is 2.23. The van der Waals surface area contributed by atoms with Gasteiger partial charge in [0.15, 0.2) is 0 Å². The Morgan fingerprint density at radius 1 is 1.00 bits per heavy atom. The summed E-state index contributed by atoms with van der Waals surface area (Å²) in [5.41, 5.74) is 4.65. The van der Waals surface area contributed by atoms with Gasteiger partial charge in [-0.1, -0.05) is 0 Å². The van der Waals surface area contributed by atoms with Crippen LogP contribution in [0.15, 0.2) is 20.0 Å². The number of hydrogen-bond acceptors (Lipinski definition) is 0. The molecule has 0 heterocycles. The summed E-state index contributed by atoms with van der Waals surface area (Å²) in [5, 5.41) is 0. The van der Waals surface area contributed by atoms with Gasteiger partial charge in [-0.2, -0.15) is 0 Å². The van der Waals surface area contributed by atoms with Gasteiger partial charge in [0.25, 0.3) is 0 Å². The van der Waals surface area contributed by atoms with Gasteiger partial charge in [-0.3, -0.25) is 0 Å². The Hall–Kier alpha value is 0.223. The van der Waals surface area contributed by atoms with E-state index in [1.54, 1.807) is 39.1 Å². The van der Waals surface area contributed by atoms with Gasteiger partial charge in [0.05, 0.1) is 0 Å². The molecule has 11 heavy (non-hydrogen) atoms. The minimum Gasteiger partial charge on any atom is -1.00 e. The van der Waals surface area contributed by atoms with Crippen molar-refractivity contribution in [3.8, 4) is 0 Å². The summed E-state index contributed by atoms with van der Waals surface area (Å²) in [6.45, 7) is 6.69. The predicted molar refractivity (Wildman–Crippen MR) is 35.7 cm³/mol. The smallest absolute Gasteiger partial charge is 1.00 e. The first-order chi connectivity index (χ1) is 4.13. The summed E-state index contributed by atoms with van der Waals surface area (Å²) in [5.74, 6) is 0. The fourth-order valence-corrected chi connectivity index (χ4v) is 2.19. The molecule has 0 aromatic heterocycles. The van der Waals surface area contributed by atoms with Crippen molar-refractivity contribution >= 4 is 0 Å². The van der Waals surface area contributed by atoms with Gasteiger partial charge in [0.2, 0.25) is 0 Å². The molecular formula is C8H11F2Zr. The maximum Gasteiger partial charge on any atom is -1.00 e. The van der Waals surface area contributed by atoms with Crippen molar-refractivity contribution in [1.82, 2.24) is 0 Å². The molecule has 3 heteroatoms. The summed E-state index contributed by atoms with van der Waals surface area (Å²) >= 11 is 1.59. The summed E-state index contributed by atoms with van der Waals surface area (Å²) in [4.78, 5) is 0. The van der Waals surface area contributed by atoms with Gasteiger partial charge in [0, 0.05) is 0 Å². The largest absolute Gasteiger partial charge is 1.00 e. The molecule has 0 saturated carbocycles. The molecule has 0 aromatic rings. The molecule has 1 rings (SSSR count). The SMILES string of the molecule is CC1=C(C)C(C)=[C]([Zr+2])C1.[F-].[F-]. The molecule has 0 spiro atoms. The molecule has 1 aliphatic carbocycles. The summed E-state index contributed by atoms with van der Waals surface area (Å²) in [6.07, 6.45) is 1.25. The van der Waals surface area contributed by atoms with Crippen LogP contribution in [0.2, 0.25) is 0 Å². The Morgan fingerprint density at radius 3 is 1.55 bits per heavy atom. The second kappa shape index (κ2) is 4.97. The van der Waals surface area contributed by atoms with Crippen molar-refractivity contribution in [3.05, 3.63) is 20.0 Å². The van der Waals surface area contributed by atoms with E-state index in [0.717, 1.165) is 0 Å². The molecule has 0 N–H and O–H groups in total. The first-order valence-corrected chi connectivity index (χ1v) is 4.44. The molecule has 0 aliphatic heterocycles. The number of halogens is 2. The van der Waals surface area contributed by atoms with Gasteiger partial charge in [-0.05, 0) is 0 Å². The third kappa shape index (κ3) is 2.63. The van der Waals surface area contributed by atoms with E-state index >= 15 is 0 Å². The van der Waals surface area contributed by atoms with E-state index in [1.807, 2.05) is 0 Å². The van der Waals surface area contributed by atoms with Crippen LogP contribution in [0.25, 0.3) is 0 Å². The summed E-state index contributed by atoms with van der Waals surface area (Å²) in [6, 6.07) is 0. The van der Waals surface area contributed by atoms with Crippen molar-refractivity contribution in [2.75, 3.05) is 0 Å². The van der Waals surface area contributed by atoms with Crippen molar-refractivity contribution < 1.29 is 34.1 Å². The monoisotopic (exact) mass is 235 g/mol. The molecule has 0 radical (unpaired) electrons. The standard InChI is InChI=1S/C8H11.2FH.Zr/c1-6-4-5-7(2)8(6)3;;;/h4H2,1-3H3;2*1H;/q;;;+2/p-2. The quantitative estimate of drug-likeness (QED) is 0.410. The van der Waals surface area contributed by atoms with Crippen LogP contribution in [0.3, 0.4) is 0 Å². The first kappa shape index (κ1) is 13.8. The normalized spacial score (nSPS) is 16.5. The number of allylic oxidation sites excluding steroid dienone is 4.